The van der Waals surface area contributed by atoms with Crippen LogP contribution < -0.4 is 0 Å². The van der Waals surface area contributed by atoms with Gasteiger partial charge in [0.05, 0.1) is 5.69 Å². The first-order chi connectivity index (χ1) is 15.3. The minimum Gasteiger partial charge on any atom is -0.220 e. The van der Waals surface area contributed by atoms with E-state index in [1.54, 1.807) is 0 Å². The summed E-state index contributed by atoms with van der Waals surface area (Å²) in [5.41, 5.74) is 0.742. The van der Waals surface area contributed by atoms with E-state index >= 15 is 0 Å². The third-order valence-electron chi connectivity index (χ3n) is 5.23. The molecule has 0 N–H and O–H groups in total. The van der Waals surface area contributed by atoms with Crippen molar-refractivity contribution in [3.63, 3.8) is 0 Å². The van der Waals surface area contributed by atoms with E-state index in [1.165, 1.54) is 73.7 Å². The van der Waals surface area contributed by atoms with E-state index in [-0.39, 0.29) is 33.5 Å². The molecule has 6 heteroatoms. The fraction of sp³-hybridized carbons (Fsp3) is 0.0385. The molecular formula is C26H16F5N. The van der Waals surface area contributed by atoms with Crippen LogP contribution in [0.4, 0.5) is 22.0 Å². The van der Waals surface area contributed by atoms with Gasteiger partial charge in [-0.15, -0.1) is 0 Å². The highest BCUT2D eigenvalue weighted by Crippen LogP contribution is 2.34. The molecule has 0 unspecified atom stereocenters. The zero-order valence-corrected chi connectivity index (χ0v) is 16.9. The molecule has 0 saturated carbocycles. The molecule has 32 heavy (non-hydrogen) atoms. The van der Waals surface area contributed by atoms with E-state index < -0.39 is 29.2 Å². The summed E-state index contributed by atoms with van der Waals surface area (Å²) in [6.07, 6.45) is 1.34. The molecule has 0 amide bonds. The van der Waals surface area contributed by atoms with Crippen LogP contribution in [0.3, 0.4) is 0 Å². The summed E-state index contributed by atoms with van der Waals surface area (Å²) in [7, 11) is 0. The summed E-state index contributed by atoms with van der Waals surface area (Å²) < 4.78 is 72.0. The number of nitrogens with zero attached hydrogens (tertiary/aromatic N) is 1. The highest BCUT2D eigenvalue weighted by atomic mass is 19.2. The Morgan fingerprint density at radius 1 is 0.594 bits per heavy atom. The molecule has 4 rings (SSSR count). The highest BCUT2D eigenvalue weighted by Gasteiger charge is 2.19. The summed E-state index contributed by atoms with van der Waals surface area (Å²) in [4.78, 5) is 3.65. The second-order valence-electron chi connectivity index (χ2n) is 7.20. The molecule has 1 nitrogen and oxygen atoms in total. The van der Waals surface area contributed by atoms with Gasteiger partial charge in [0.2, 0.25) is 5.95 Å². The summed E-state index contributed by atoms with van der Waals surface area (Å²) in [5, 5.41) is 0. The number of hydrogen-bond acceptors (Lipinski definition) is 1. The van der Waals surface area contributed by atoms with E-state index in [2.05, 4.69) is 11.6 Å². The van der Waals surface area contributed by atoms with Gasteiger partial charge >= 0.3 is 0 Å². The molecule has 4 aromatic rings. The highest BCUT2D eigenvalue weighted by molar-refractivity contribution is 5.74. The molecule has 0 aliphatic carbocycles. The van der Waals surface area contributed by atoms with Gasteiger partial charge in [-0.3, -0.25) is 0 Å². The van der Waals surface area contributed by atoms with Gasteiger partial charge in [0.15, 0.2) is 23.3 Å². The van der Waals surface area contributed by atoms with Crippen LogP contribution in [0.1, 0.15) is 11.3 Å². The van der Waals surface area contributed by atoms with E-state index in [9.17, 15) is 22.0 Å². The van der Waals surface area contributed by atoms with Gasteiger partial charge in [-0.05, 0) is 41.8 Å². The molecule has 160 valence electrons. The van der Waals surface area contributed by atoms with Crippen LogP contribution >= 0.6 is 0 Å². The number of aryl methyl sites for hydroxylation is 1. The molecule has 1 aromatic heterocycles. The average molecular weight is 437 g/mol. The van der Waals surface area contributed by atoms with E-state index in [1.807, 2.05) is 0 Å². The minimum atomic E-state index is -1.22. The maximum Gasteiger partial charge on any atom is 0.221 e. The predicted octanol–water partition coefficient (Wildman–Crippen LogP) is 7.73. The number of halogens is 5. The van der Waals surface area contributed by atoms with E-state index in [4.69, 9.17) is 0 Å². The summed E-state index contributed by atoms with van der Waals surface area (Å²) >= 11 is 0. The van der Waals surface area contributed by atoms with Crippen LogP contribution in [0.15, 0.2) is 67.2 Å². The van der Waals surface area contributed by atoms with Crippen molar-refractivity contribution in [2.24, 2.45) is 0 Å². The van der Waals surface area contributed by atoms with Crippen LogP contribution in [-0.4, -0.2) is 4.98 Å². The third kappa shape index (κ3) is 3.68. The number of hydrogen-bond donors (Lipinski definition) is 0. The van der Waals surface area contributed by atoms with Crippen molar-refractivity contribution >= 4 is 6.08 Å². The number of benzene rings is 3. The molecule has 3 aromatic carbocycles. The summed E-state index contributed by atoms with van der Waals surface area (Å²) in [6.45, 7) is 4.95. The molecule has 0 saturated heterocycles. The third-order valence-corrected chi connectivity index (χ3v) is 5.23. The Balaban J connectivity index is 1.72. The Morgan fingerprint density at radius 3 is 1.62 bits per heavy atom. The van der Waals surface area contributed by atoms with Crippen molar-refractivity contribution in [1.29, 1.82) is 0 Å². The van der Waals surface area contributed by atoms with Crippen molar-refractivity contribution in [3.05, 3.63) is 108 Å². The standard InChI is InChI=1S/C26H16F5N/c1-3-17-9-11-21(26(31)32-17)20-13-12-19(24(29)25(20)30)16-7-5-15(6-8-16)18-10-4-14(2)22(27)23(18)28/h3-13H,1H2,2H3. The van der Waals surface area contributed by atoms with E-state index in [0.717, 1.165) is 0 Å². The van der Waals surface area contributed by atoms with Crippen LogP contribution in [0, 0.1) is 36.1 Å². The lowest BCUT2D eigenvalue weighted by Gasteiger charge is -2.11. The second kappa shape index (κ2) is 8.38. The molecular weight excluding hydrogens is 421 g/mol. The van der Waals surface area contributed by atoms with Crippen molar-refractivity contribution in [2.75, 3.05) is 0 Å². The Labute approximate surface area is 181 Å². The second-order valence-corrected chi connectivity index (χ2v) is 7.20. The average Bonchev–Trinajstić information content (AvgIpc) is 2.80. The van der Waals surface area contributed by atoms with Crippen LogP contribution in [0.25, 0.3) is 39.5 Å². The molecule has 0 fully saturated rings. The fourth-order valence-corrected chi connectivity index (χ4v) is 3.44. The summed E-state index contributed by atoms with van der Waals surface area (Å²) in [6, 6.07) is 14.2. The molecule has 0 aliphatic rings. The largest absolute Gasteiger partial charge is 0.221 e. The molecule has 0 radical (unpaired) electrons. The summed E-state index contributed by atoms with van der Waals surface area (Å²) in [5.74, 6) is -5.22. The quantitative estimate of drug-likeness (QED) is 0.235. The van der Waals surface area contributed by atoms with Crippen LogP contribution in [0.5, 0.6) is 0 Å². The lowest BCUT2D eigenvalue weighted by Crippen LogP contribution is -1.98. The molecule has 0 bridgehead atoms. The molecule has 1 heterocycles. The van der Waals surface area contributed by atoms with Gasteiger partial charge in [-0.2, -0.15) is 4.39 Å². The van der Waals surface area contributed by atoms with Crippen molar-refractivity contribution in [1.82, 2.24) is 4.98 Å². The van der Waals surface area contributed by atoms with Crippen LogP contribution in [-0.2, 0) is 0 Å². The molecule has 0 spiro atoms. The Hall–Kier alpha value is -3.80. The Morgan fingerprint density at radius 2 is 1.06 bits per heavy atom. The molecule has 0 atom stereocenters. The Bertz CT molecular complexity index is 1340. The van der Waals surface area contributed by atoms with Gasteiger partial charge in [0.25, 0.3) is 0 Å². The normalized spacial score (nSPS) is 10.9. The Kier molecular flexibility index (Phi) is 5.61. The van der Waals surface area contributed by atoms with Gasteiger partial charge in [-0.25, -0.2) is 22.5 Å². The number of rotatable bonds is 4. The van der Waals surface area contributed by atoms with Gasteiger partial charge in [0.1, 0.15) is 0 Å². The maximum atomic E-state index is 14.9. The van der Waals surface area contributed by atoms with Gasteiger partial charge in [-0.1, -0.05) is 55.1 Å². The van der Waals surface area contributed by atoms with Crippen molar-refractivity contribution < 1.29 is 22.0 Å². The van der Waals surface area contributed by atoms with Crippen molar-refractivity contribution in [2.45, 2.75) is 6.92 Å². The van der Waals surface area contributed by atoms with Crippen molar-refractivity contribution in [3.8, 4) is 33.4 Å². The SMILES string of the molecule is C=Cc1ccc(-c2ccc(-c3ccc(-c4ccc(C)c(F)c4F)cc3)c(F)c2F)c(F)n1. The van der Waals surface area contributed by atoms with Gasteiger partial charge in [0, 0.05) is 22.3 Å². The van der Waals surface area contributed by atoms with Gasteiger partial charge < -0.3 is 0 Å². The van der Waals surface area contributed by atoms with Crippen LogP contribution in [0.2, 0.25) is 0 Å². The number of aromatic nitrogens is 1. The predicted molar refractivity (Wildman–Crippen MR) is 115 cm³/mol. The zero-order valence-electron chi connectivity index (χ0n) is 16.9. The topological polar surface area (TPSA) is 12.9 Å². The lowest BCUT2D eigenvalue weighted by atomic mass is 9.96. The first-order valence-corrected chi connectivity index (χ1v) is 9.64. The first-order valence-electron chi connectivity index (χ1n) is 9.64. The monoisotopic (exact) mass is 437 g/mol. The minimum absolute atomic E-state index is 0.0514. The first kappa shape index (κ1) is 21.4. The smallest absolute Gasteiger partial charge is 0.220 e. The number of pyridine rings is 1. The molecule has 0 aliphatic heterocycles. The van der Waals surface area contributed by atoms with E-state index in [0.29, 0.717) is 11.1 Å². The fourth-order valence-electron chi connectivity index (χ4n) is 3.44. The zero-order chi connectivity index (χ0) is 23.0. The maximum absolute atomic E-state index is 14.9. The lowest BCUT2D eigenvalue weighted by molar-refractivity contribution is 0.505.